The van der Waals surface area contributed by atoms with Gasteiger partial charge in [0.1, 0.15) is 6.54 Å². The van der Waals surface area contributed by atoms with Gasteiger partial charge < -0.3 is 14.6 Å². The van der Waals surface area contributed by atoms with Crippen molar-refractivity contribution in [2.24, 2.45) is 0 Å². The maximum atomic E-state index is 12.8. The minimum atomic E-state index is -0.273. The first kappa shape index (κ1) is 20.9. The molecular formula is C26H28N2O3. The second-order valence-electron chi connectivity index (χ2n) is 7.89. The van der Waals surface area contributed by atoms with Gasteiger partial charge in [-0.3, -0.25) is 9.59 Å². The van der Waals surface area contributed by atoms with E-state index in [4.69, 9.17) is 4.74 Å². The van der Waals surface area contributed by atoms with Crippen LogP contribution in [0.3, 0.4) is 0 Å². The highest BCUT2D eigenvalue weighted by atomic mass is 16.5. The summed E-state index contributed by atoms with van der Waals surface area (Å²) in [6.07, 6.45) is 2.21. The first-order valence-corrected chi connectivity index (χ1v) is 10.8. The van der Waals surface area contributed by atoms with E-state index in [9.17, 15) is 9.59 Å². The van der Waals surface area contributed by atoms with Crippen LogP contribution in [0, 0.1) is 6.92 Å². The smallest absolute Gasteiger partial charge is 0.325 e. The van der Waals surface area contributed by atoms with Gasteiger partial charge in [0.15, 0.2) is 0 Å². The van der Waals surface area contributed by atoms with Crippen LogP contribution in [-0.4, -0.2) is 29.6 Å². The number of fused-ring (bicyclic) bond motifs is 1. The molecule has 1 N–H and O–H groups in total. The summed E-state index contributed by atoms with van der Waals surface area (Å²) in [6, 6.07) is 18.8. The third-order valence-electron chi connectivity index (χ3n) is 5.95. The zero-order valence-electron chi connectivity index (χ0n) is 18.1. The van der Waals surface area contributed by atoms with Gasteiger partial charge in [0.05, 0.1) is 12.2 Å². The second-order valence-corrected chi connectivity index (χ2v) is 7.89. The molecule has 0 saturated carbocycles. The number of nitrogens with zero attached hydrogens (tertiary/aromatic N) is 1. The van der Waals surface area contributed by atoms with Gasteiger partial charge in [0.2, 0.25) is 0 Å². The number of carbonyl (C=O) groups is 2. The normalized spacial score (nSPS) is 12.9. The minimum Gasteiger partial charge on any atom is -0.465 e. The third-order valence-corrected chi connectivity index (χ3v) is 5.95. The highest BCUT2D eigenvalue weighted by Crippen LogP contribution is 2.29. The maximum Gasteiger partial charge on any atom is 0.325 e. The summed E-state index contributed by atoms with van der Waals surface area (Å²) < 4.78 is 7.14. The van der Waals surface area contributed by atoms with Crippen molar-refractivity contribution in [2.75, 3.05) is 13.2 Å². The number of carbonyl (C=O) groups excluding carboxylic acids is 2. The molecule has 4 rings (SSSR count). The standard InChI is InChI=1S/C26H28N2O3/c1-3-31-24(29)17-28-18(2)22(25-23(28)13-14-27-26(25)30)16-21-12-8-7-11-20(21)15-19-9-5-4-6-10-19/h4-12H,3,13-17H2,1-2H3,(H,27,30). The number of benzene rings is 2. The molecule has 1 amide bonds. The van der Waals surface area contributed by atoms with Gasteiger partial charge in [0.25, 0.3) is 5.91 Å². The van der Waals surface area contributed by atoms with Crippen LogP contribution in [0.2, 0.25) is 0 Å². The van der Waals surface area contributed by atoms with E-state index in [2.05, 4.69) is 47.8 Å². The van der Waals surface area contributed by atoms with Crippen molar-refractivity contribution < 1.29 is 14.3 Å². The Balaban J connectivity index is 1.72. The lowest BCUT2D eigenvalue weighted by Gasteiger charge is -2.17. The summed E-state index contributed by atoms with van der Waals surface area (Å²) in [4.78, 5) is 25.0. The van der Waals surface area contributed by atoms with Crippen molar-refractivity contribution in [3.8, 4) is 0 Å². The lowest BCUT2D eigenvalue weighted by molar-refractivity contribution is -0.143. The van der Waals surface area contributed by atoms with Crippen molar-refractivity contribution in [3.05, 3.63) is 93.8 Å². The van der Waals surface area contributed by atoms with Crippen molar-refractivity contribution in [2.45, 2.75) is 39.7 Å². The first-order chi connectivity index (χ1) is 15.1. The number of amides is 1. The van der Waals surface area contributed by atoms with Gasteiger partial charge in [-0.2, -0.15) is 0 Å². The van der Waals surface area contributed by atoms with Crippen molar-refractivity contribution in [3.63, 3.8) is 0 Å². The van der Waals surface area contributed by atoms with Crippen molar-refractivity contribution >= 4 is 11.9 Å². The van der Waals surface area contributed by atoms with Gasteiger partial charge in [-0.05, 0) is 42.5 Å². The summed E-state index contributed by atoms with van der Waals surface area (Å²) in [5, 5.41) is 2.97. The summed E-state index contributed by atoms with van der Waals surface area (Å²) >= 11 is 0. The molecule has 160 valence electrons. The van der Waals surface area contributed by atoms with Crippen LogP contribution in [0.4, 0.5) is 0 Å². The summed E-state index contributed by atoms with van der Waals surface area (Å²) in [5.41, 5.74) is 7.32. The van der Waals surface area contributed by atoms with Gasteiger partial charge in [-0.25, -0.2) is 0 Å². The Hall–Kier alpha value is -3.34. The highest BCUT2D eigenvalue weighted by molar-refractivity contribution is 5.98. The largest absolute Gasteiger partial charge is 0.465 e. The molecule has 0 aliphatic carbocycles. The predicted octanol–water partition coefficient (Wildman–Crippen LogP) is 3.83. The Kier molecular flexibility index (Phi) is 6.21. The van der Waals surface area contributed by atoms with Gasteiger partial charge in [-0.15, -0.1) is 0 Å². The fraction of sp³-hybridized carbons (Fsp3) is 0.308. The summed E-state index contributed by atoms with van der Waals surface area (Å²) in [5.74, 6) is -0.326. The molecule has 0 atom stereocenters. The van der Waals surface area contributed by atoms with E-state index in [1.165, 1.54) is 16.7 Å². The Morgan fingerprint density at radius 1 is 1.03 bits per heavy atom. The number of nitrogens with one attached hydrogen (secondary N) is 1. The average Bonchev–Trinajstić information content (AvgIpc) is 3.03. The van der Waals surface area contributed by atoms with Crippen LogP contribution in [0.25, 0.3) is 0 Å². The maximum absolute atomic E-state index is 12.8. The molecule has 0 saturated heterocycles. The monoisotopic (exact) mass is 416 g/mol. The van der Waals surface area contributed by atoms with Crippen LogP contribution in [0.15, 0.2) is 54.6 Å². The number of aromatic nitrogens is 1. The topological polar surface area (TPSA) is 60.3 Å². The van der Waals surface area contributed by atoms with E-state index in [1.807, 2.05) is 23.6 Å². The number of hydrogen-bond acceptors (Lipinski definition) is 3. The molecule has 1 aliphatic rings. The molecule has 0 fully saturated rings. The van der Waals surface area contributed by atoms with Gasteiger partial charge in [0, 0.05) is 30.8 Å². The van der Waals surface area contributed by atoms with Crippen LogP contribution in [-0.2, 0) is 35.3 Å². The molecule has 5 nitrogen and oxygen atoms in total. The fourth-order valence-corrected chi connectivity index (χ4v) is 4.44. The van der Waals surface area contributed by atoms with Gasteiger partial charge in [-0.1, -0.05) is 54.6 Å². The van der Waals surface area contributed by atoms with E-state index in [-0.39, 0.29) is 18.4 Å². The summed E-state index contributed by atoms with van der Waals surface area (Å²) in [6.45, 7) is 4.88. The molecule has 0 bridgehead atoms. The molecule has 31 heavy (non-hydrogen) atoms. The summed E-state index contributed by atoms with van der Waals surface area (Å²) in [7, 11) is 0. The van der Waals surface area contributed by atoms with Crippen molar-refractivity contribution in [1.29, 1.82) is 0 Å². The van der Waals surface area contributed by atoms with Gasteiger partial charge >= 0.3 is 5.97 Å². The molecule has 3 aromatic rings. The number of esters is 1. The predicted molar refractivity (Wildman–Crippen MR) is 120 cm³/mol. The van der Waals surface area contributed by atoms with E-state index in [0.717, 1.165) is 28.9 Å². The molecule has 2 heterocycles. The number of rotatable bonds is 7. The molecule has 0 radical (unpaired) electrons. The zero-order valence-corrected chi connectivity index (χ0v) is 18.1. The second kappa shape index (κ2) is 9.21. The Labute approximate surface area is 183 Å². The fourth-order valence-electron chi connectivity index (χ4n) is 4.44. The molecule has 0 unspecified atom stereocenters. The minimum absolute atomic E-state index is 0.0532. The van der Waals surface area contributed by atoms with Crippen LogP contribution in [0.1, 0.15) is 50.9 Å². The molecule has 2 aromatic carbocycles. The number of hydrogen-bond donors (Lipinski definition) is 1. The van der Waals surface area contributed by atoms with E-state index in [0.29, 0.717) is 26.0 Å². The first-order valence-electron chi connectivity index (χ1n) is 10.8. The lowest BCUT2D eigenvalue weighted by Crippen LogP contribution is -2.33. The number of ether oxygens (including phenoxy) is 1. The zero-order chi connectivity index (χ0) is 21.8. The third kappa shape index (κ3) is 4.41. The Bertz CT molecular complexity index is 1100. The molecular weight excluding hydrogens is 388 g/mol. The van der Waals surface area contributed by atoms with E-state index >= 15 is 0 Å². The Morgan fingerprint density at radius 3 is 2.42 bits per heavy atom. The van der Waals surface area contributed by atoms with E-state index < -0.39 is 0 Å². The average molecular weight is 417 g/mol. The van der Waals surface area contributed by atoms with Crippen LogP contribution >= 0.6 is 0 Å². The van der Waals surface area contributed by atoms with Crippen LogP contribution < -0.4 is 5.32 Å². The molecule has 1 aliphatic heterocycles. The Morgan fingerprint density at radius 2 is 1.71 bits per heavy atom. The molecule has 1 aromatic heterocycles. The quantitative estimate of drug-likeness (QED) is 0.596. The molecule has 0 spiro atoms. The highest BCUT2D eigenvalue weighted by Gasteiger charge is 2.29. The van der Waals surface area contributed by atoms with E-state index in [1.54, 1.807) is 6.92 Å². The van der Waals surface area contributed by atoms with Crippen molar-refractivity contribution in [1.82, 2.24) is 9.88 Å². The lowest BCUT2D eigenvalue weighted by atomic mass is 9.92. The molecule has 5 heteroatoms. The van der Waals surface area contributed by atoms with Crippen LogP contribution in [0.5, 0.6) is 0 Å². The SMILES string of the molecule is CCOC(=O)Cn1c(C)c(Cc2ccccc2Cc2ccccc2)c2c1CCNC2=O.